The average molecular weight is 409 g/mol. The van der Waals surface area contributed by atoms with Crippen LogP contribution in [0, 0.1) is 5.92 Å². The van der Waals surface area contributed by atoms with E-state index in [1.165, 1.54) is 5.69 Å². The van der Waals surface area contributed by atoms with Gasteiger partial charge in [-0.1, -0.05) is 18.2 Å². The maximum Gasteiger partial charge on any atom is 0.225 e. The highest BCUT2D eigenvalue weighted by Gasteiger charge is 2.28. The summed E-state index contributed by atoms with van der Waals surface area (Å²) in [5.74, 6) is 0.884. The molecule has 7 heteroatoms. The molecule has 1 amide bonds. The molecule has 2 saturated heterocycles. The van der Waals surface area contributed by atoms with Crippen LogP contribution in [0.25, 0.3) is 0 Å². The van der Waals surface area contributed by atoms with Crippen molar-refractivity contribution in [1.82, 2.24) is 20.2 Å². The Bertz CT molecular complexity index is 794. The Kier molecular flexibility index (Phi) is 6.79. The number of piperazine rings is 1. The number of rotatable bonds is 6. The van der Waals surface area contributed by atoms with E-state index in [0.717, 1.165) is 51.5 Å². The lowest BCUT2D eigenvalue weighted by atomic mass is 9.97. The van der Waals surface area contributed by atoms with E-state index < -0.39 is 0 Å². The molecule has 0 aliphatic carbocycles. The van der Waals surface area contributed by atoms with E-state index in [2.05, 4.69) is 67.2 Å². The highest BCUT2D eigenvalue weighted by Crippen LogP contribution is 2.20. The molecule has 0 spiro atoms. The van der Waals surface area contributed by atoms with Crippen LogP contribution >= 0.6 is 0 Å². The zero-order valence-electron chi connectivity index (χ0n) is 17.8. The second kappa shape index (κ2) is 9.89. The number of anilines is 2. The second-order valence-corrected chi connectivity index (χ2v) is 8.29. The molecule has 2 aliphatic heterocycles. The van der Waals surface area contributed by atoms with Gasteiger partial charge in [0.15, 0.2) is 0 Å². The minimum atomic E-state index is 0.00434. The predicted molar refractivity (Wildman–Crippen MR) is 120 cm³/mol. The molecule has 0 radical (unpaired) electrons. The lowest BCUT2D eigenvalue weighted by Crippen LogP contribution is -2.53. The molecular weight excluding hydrogens is 376 g/mol. The minimum Gasteiger partial charge on any atom is -0.369 e. The van der Waals surface area contributed by atoms with Gasteiger partial charge >= 0.3 is 0 Å². The predicted octanol–water partition coefficient (Wildman–Crippen LogP) is 2.02. The number of benzene rings is 1. The number of hydrogen-bond donors (Lipinski definition) is 1. The third-order valence-corrected chi connectivity index (χ3v) is 6.26. The summed E-state index contributed by atoms with van der Waals surface area (Å²) in [5.41, 5.74) is 1.29. The van der Waals surface area contributed by atoms with Crippen LogP contribution in [0.5, 0.6) is 0 Å². The van der Waals surface area contributed by atoms with Gasteiger partial charge in [-0.05, 0) is 38.0 Å². The monoisotopic (exact) mass is 408 g/mol. The first-order chi connectivity index (χ1) is 14.7. The number of carbonyl (C=O) groups excluding carboxylic acids is 1. The first-order valence-electron chi connectivity index (χ1n) is 11.0. The molecule has 1 aromatic heterocycles. The van der Waals surface area contributed by atoms with Crippen molar-refractivity contribution in [2.75, 3.05) is 55.6 Å². The molecule has 7 nitrogen and oxygen atoms in total. The second-order valence-electron chi connectivity index (χ2n) is 8.29. The first-order valence-corrected chi connectivity index (χ1v) is 11.0. The van der Waals surface area contributed by atoms with Gasteiger partial charge in [0.1, 0.15) is 0 Å². The zero-order valence-corrected chi connectivity index (χ0v) is 17.8. The molecule has 2 aliphatic rings. The Labute approximate surface area is 179 Å². The zero-order chi connectivity index (χ0) is 20.8. The van der Waals surface area contributed by atoms with Crippen LogP contribution in [0.15, 0.2) is 48.8 Å². The highest BCUT2D eigenvalue weighted by molar-refractivity contribution is 5.79. The van der Waals surface area contributed by atoms with Gasteiger partial charge in [-0.15, -0.1) is 0 Å². The Hall–Kier alpha value is -2.67. The van der Waals surface area contributed by atoms with Crippen LogP contribution in [0.2, 0.25) is 0 Å². The van der Waals surface area contributed by atoms with Crippen LogP contribution in [-0.4, -0.2) is 72.6 Å². The molecule has 1 N–H and O–H groups in total. The third kappa shape index (κ3) is 5.08. The van der Waals surface area contributed by atoms with E-state index in [0.29, 0.717) is 19.1 Å². The van der Waals surface area contributed by atoms with Crippen molar-refractivity contribution < 1.29 is 4.79 Å². The number of nitrogens with one attached hydrogen (secondary N) is 1. The van der Waals surface area contributed by atoms with E-state index in [-0.39, 0.29) is 11.8 Å². The van der Waals surface area contributed by atoms with Gasteiger partial charge in [-0.2, -0.15) is 0 Å². The van der Waals surface area contributed by atoms with Crippen LogP contribution in [-0.2, 0) is 4.79 Å². The molecular formula is C23H32N6O. The smallest absolute Gasteiger partial charge is 0.225 e. The van der Waals surface area contributed by atoms with E-state index in [9.17, 15) is 4.79 Å². The van der Waals surface area contributed by atoms with Crippen LogP contribution < -0.4 is 15.1 Å². The maximum absolute atomic E-state index is 12.8. The molecule has 2 atom stereocenters. The van der Waals surface area contributed by atoms with Gasteiger partial charge < -0.3 is 15.1 Å². The fraction of sp³-hybridized carbons (Fsp3) is 0.522. The van der Waals surface area contributed by atoms with Crippen molar-refractivity contribution in [3.8, 4) is 0 Å². The molecule has 2 aromatic rings. The van der Waals surface area contributed by atoms with Gasteiger partial charge in [0, 0.05) is 69.9 Å². The van der Waals surface area contributed by atoms with E-state index in [1.54, 1.807) is 12.4 Å². The summed E-state index contributed by atoms with van der Waals surface area (Å²) in [6.07, 6.45) is 5.43. The summed E-state index contributed by atoms with van der Waals surface area (Å²) in [6.45, 7) is 8.61. The number of aromatic nitrogens is 2. The molecule has 4 rings (SSSR count). The maximum atomic E-state index is 12.8. The van der Waals surface area contributed by atoms with Crippen LogP contribution in [0.1, 0.15) is 19.8 Å². The summed E-state index contributed by atoms with van der Waals surface area (Å²) in [6, 6.07) is 12.7. The Morgan fingerprint density at radius 3 is 2.50 bits per heavy atom. The molecule has 30 heavy (non-hydrogen) atoms. The normalized spacial score (nSPS) is 21.3. The fourth-order valence-electron chi connectivity index (χ4n) is 4.41. The first kappa shape index (κ1) is 20.6. The van der Waals surface area contributed by atoms with Crippen molar-refractivity contribution in [2.24, 2.45) is 5.92 Å². The molecule has 160 valence electrons. The number of nitrogens with zero attached hydrogens (tertiary/aromatic N) is 5. The van der Waals surface area contributed by atoms with Crippen molar-refractivity contribution in [1.29, 1.82) is 0 Å². The van der Waals surface area contributed by atoms with Gasteiger partial charge in [-0.25, -0.2) is 9.97 Å². The summed E-state index contributed by atoms with van der Waals surface area (Å²) in [4.78, 5) is 28.5. The topological polar surface area (TPSA) is 64.6 Å². The lowest BCUT2D eigenvalue weighted by molar-refractivity contribution is -0.125. The van der Waals surface area contributed by atoms with Gasteiger partial charge in [0.05, 0.1) is 5.92 Å². The van der Waals surface area contributed by atoms with Gasteiger partial charge in [0.2, 0.25) is 11.9 Å². The largest absolute Gasteiger partial charge is 0.369 e. The number of amides is 1. The van der Waals surface area contributed by atoms with Crippen LogP contribution in [0.4, 0.5) is 11.6 Å². The summed E-state index contributed by atoms with van der Waals surface area (Å²) in [5, 5.41) is 3.20. The third-order valence-electron chi connectivity index (χ3n) is 6.26. The molecule has 0 saturated carbocycles. The van der Waals surface area contributed by atoms with Crippen LogP contribution in [0.3, 0.4) is 0 Å². The Morgan fingerprint density at radius 2 is 1.77 bits per heavy atom. The fourth-order valence-corrected chi connectivity index (χ4v) is 4.41. The SMILES string of the molecule is CC(CNC(=O)C1CCCN(c2ncccn2)C1)N1CCN(c2ccccc2)CC1. The molecule has 2 unspecified atom stereocenters. The molecule has 2 fully saturated rings. The Morgan fingerprint density at radius 1 is 1.03 bits per heavy atom. The molecule has 1 aromatic carbocycles. The Balaban J connectivity index is 1.22. The number of para-hydroxylation sites is 1. The minimum absolute atomic E-state index is 0.00434. The van der Waals surface area contributed by atoms with Gasteiger partial charge in [0.25, 0.3) is 0 Å². The van der Waals surface area contributed by atoms with Crippen molar-refractivity contribution >= 4 is 17.5 Å². The van der Waals surface area contributed by atoms with Crippen molar-refractivity contribution in [3.63, 3.8) is 0 Å². The number of hydrogen-bond acceptors (Lipinski definition) is 6. The van der Waals surface area contributed by atoms with Crippen molar-refractivity contribution in [3.05, 3.63) is 48.8 Å². The lowest BCUT2D eigenvalue weighted by Gasteiger charge is -2.39. The average Bonchev–Trinajstić information content (AvgIpc) is 2.83. The highest BCUT2D eigenvalue weighted by atomic mass is 16.1. The standard InChI is InChI=1S/C23H32N6O/c1-19(27-13-15-28(16-14-27)21-8-3-2-4-9-21)17-26-22(30)20-7-5-12-29(18-20)23-24-10-6-11-25-23/h2-4,6,8-11,19-20H,5,7,12-18H2,1H3,(H,26,30). The summed E-state index contributed by atoms with van der Waals surface area (Å²) in [7, 11) is 0. The quantitative estimate of drug-likeness (QED) is 0.789. The van der Waals surface area contributed by atoms with Crippen molar-refractivity contribution in [2.45, 2.75) is 25.8 Å². The summed E-state index contributed by atoms with van der Waals surface area (Å²) < 4.78 is 0. The van der Waals surface area contributed by atoms with Gasteiger partial charge in [-0.3, -0.25) is 9.69 Å². The van der Waals surface area contributed by atoms with E-state index in [1.807, 2.05) is 6.07 Å². The molecule has 0 bridgehead atoms. The van der Waals surface area contributed by atoms with E-state index >= 15 is 0 Å². The molecule has 3 heterocycles. The number of carbonyl (C=O) groups is 1. The number of piperidine rings is 1. The summed E-state index contributed by atoms with van der Waals surface area (Å²) >= 11 is 0. The van der Waals surface area contributed by atoms with E-state index in [4.69, 9.17) is 0 Å².